The largest absolute Gasteiger partial charge is 0.497 e. The van der Waals surface area contributed by atoms with Gasteiger partial charge in [0.25, 0.3) is 11.5 Å². The lowest BCUT2D eigenvalue weighted by molar-refractivity contribution is 0.0935. The van der Waals surface area contributed by atoms with Crippen molar-refractivity contribution in [3.63, 3.8) is 0 Å². The van der Waals surface area contributed by atoms with Crippen LogP contribution < -0.4 is 15.6 Å². The Balaban J connectivity index is 1.80. The van der Waals surface area contributed by atoms with Gasteiger partial charge in [0.1, 0.15) is 17.1 Å². The lowest BCUT2D eigenvalue weighted by atomic mass is 9.95. The molecule has 2 heterocycles. The number of H-pyrrole nitrogens is 1. The van der Waals surface area contributed by atoms with Crippen LogP contribution in [0.2, 0.25) is 0 Å². The lowest BCUT2D eigenvalue weighted by Crippen LogP contribution is -2.39. The molecule has 0 radical (unpaired) electrons. The predicted octanol–water partition coefficient (Wildman–Crippen LogP) is 2.95. The summed E-state index contributed by atoms with van der Waals surface area (Å²) in [7, 11) is 1.64. The molecular weight excluding hydrogens is 380 g/mol. The summed E-state index contributed by atoms with van der Waals surface area (Å²) < 4.78 is 5.26. The van der Waals surface area contributed by atoms with E-state index >= 15 is 0 Å². The zero-order valence-electron chi connectivity index (χ0n) is 18.5. The monoisotopic (exact) mass is 412 g/mol. The van der Waals surface area contributed by atoms with E-state index in [1.807, 2.05) is 45.0 Å². The second-order valence-electron chi connectivity index (χ2n) is 8.87. The van der Waals surface area contributed by atoms with Crippen LogP contribution in [0.1, 0.15) is 67.1 Å². The van der Waals surface area contributed by atoms with Crippen molar-refractivity contribution >= 4 is 5.91 Å². The number of likely N-dealkylation sites (tertiary alicyclic amines) is 1. The summed E-state index contributed by atoms with van der Waals surface area (Å²) in [4.78, 5) is 35.1. The quantitative estimate of drug-likeness (QED) is 0.762. The SMILES string of the molecule is COc1ccc(C(CNC(=O)c2c(C)nc(C(C)(C)C)[nH]c2=O)N2CCCC2)cc1. The molecule has 2 aromatic rings. The summed E-state index contributed by atoms with van der Waals surface area (Å²) in [6, 6.07) is 7.98. The minimum atomic E-state index is -0.396. The molecule has 1 amide bonds. The van der Waals surface area contributed by atoms with E-state index in [1.54, 1.807) is 14.0 Å². The van der Waals surface area contributed by atoms with Crippen molar-refractivity contribution in [2.45, 2.75) is 52.0 Å². The minimum Gasteiger partial charge on any atom is -0.497 e. The van der Waals surface area contributed by atoms with Gasteiger partial charge in [-0.3, -0.25) is 14.5 Å². The molecule has 1 aromatic carbocycles. The number of aromatic nitrogens is 2. The zero-order valence-corrected chi connectivity index (χ0v) is 18.5. The third-order valence-electron chi connectivity index (χ3n) is 5.58. The average Bonchev–Trinajstić information content (AvgIpc) is 3.22. The fourth-order valence-electron chi connectivity index (χ4n) is 3.82. The molecular formula is C23H32N4O3. The second kappa shape index (κ2) is 9.00. The molecule has 0 bridgehead atoms. The van der Waals surface area contributed by atoms with Gasteiger partial charge in [0.2, 0.25) is 0 Å². The van der Waals surface area contributed by atoms with Gasteiger partial charge in [-0.2, -0.15) is 0 Å². The number of rotatable bonds is 6. The molecule has 1 aliphatic heterocycles. The summed E-state index contributed by atoms with van der Waals surface area (Å²) in [5, 5.41) is 2.97. The maximum Gasteiger partial charge on any atom is 0.264 e. The molecule has 1 saturated heterocycles. The van der Waals surface area contributed by atoms with Crippen LogP contribution >= 0.6 is 0 Å². The van der Waals surface area contributed by atoms with Crippen LogP contribution in [0.5, 0.6) is 5.75 Å². The molecule has 1 aliphatic rings. The highest BCUT2D eigenvalue weighted by Gasteiger charge is 2.26. The van der Waals surface area contributed by atoms with Crippen molar-refractivity contribution in [2.24, 2.45) is 0 Å². The number of methoxy groups -OCH3 is 1. The van der Waals surface area contributed by atoms with E-state index in [-0.39, 0.29) is 22.9 Å². The van der Waals surface area contributed by atoms with Crippen LogP contribution in [0, 0.1) is 6.92 Å². The van der Waals surface area contributed by atoms with Gasteiger partial charge in [-0.15, -0.1) is 0 Å². The molecule has 1 atom stereocenters. The van der Waals surface area contributed by atoms with Crippen molar-refractivity contribution in [3.8, 4) is 5.75 Å². The zero-order chi connectivity index (χ0) is 21.9. The highest BCUT2D eigenvalue weighted by Crippen LogP contribution is 2.26. The molecule has 2 N–H and O–H groups in total. The molecule has 1 aromatic heterocycles. The normalized spacial score (nSPS) is 15.8. The molecule has 162 valence electrons. The first-order valence-corrected chi connectivity index (χ1v) is 10.5. The Hall–Kier alpha value is -2.67. The van der Waals surface area contributed by atoms with Gasteiger partial charge in [-0.05, 0) is 50.6 Å². The molecule has 3 rings (SSSR count). The smallest absolute Gasteiger partial charge is 0.264 e. The predicted molar refractivity (Wildman–Crippen MR) is 117 cm³/mol. The number of amides is 1. The van der Waals surface area contributed by atoms with Crippen molar-refractivity contribution in [2.75, 3.05) is 26.7 Å². The third-order valence-corrected chi connectivity index (χ3v) is 5.58. The van der Waals surface area contributed by atoms with Gasteiger partial charge in [0.05, 0.1) is 18.8 Å². The number of nitrogens with zero attached hydrogens (tertiary/aromatic N) is 2. The van der Waals surface area contributed by atoms with Gasteiger partial charge in [-0.1, -0.05) is 32.9 Å². The summed E-state index contributed by atoms with van der Waals surface area (Å²) in [6.45, 7) is 10.0. The van der Waals surface area contributed by atoms with E-state index in [0.717, 1.165) is 37.2 Å². The van der Waals surface area contributed by atoms with E-state index in [4.69, 9.17) is 4.74 Å². The van der Waals surface area contributed by atoms with E-state index in [0.29, 0.717) is 18.1 Å². The first kappa shape index (κ1) is 22.0. The van der Waals surface area contributed by atoms with Crippen molar-refractivity contribution in [1.82, 2.24) is 20.2 Å². The number of hydrogen-bond acceptors (Lipinski definition) is 5. The molecule has 1 unspecified atom stereocenters. The topological polar surface area (TPSA) is 87.3 Å². The first-order valence-electron chi connectivity index (χ1n) is 10.5. The maximum absolute atomic E-state index is 12.9. The standard InChI is InChI=1S/C23H32N4O3/c1-15-19(21(29)26-22(25-15)23(2,3)4)20(28)24-14-18(27-12-6-7-13-27)16-8-10-17(30-5)11-9-16/h8-11,18H,6-7,12-14H2,1-5H3,(H,24,28)(H,25,26,29). The van der Waals surface area contributed by atoms with Gasteiger partial charge < -0.3 is 15.0 Å². The number of carbonyl (C=O) groups excluding carboxylic acids is 1. The van der Waals surface area contributed by atoms with E-state index in [2.05, 4.69) is 20.2 Å². The Labute approximate surface area is 177 Å². The molecule has 7 nitrogen and oxygen atoms in total. The summed E-state index contributed by atoms with van der Waals surface area (Å²) in [6.07, 6.45) is 2.30. The van der Waals surface area contributed by atoms with Crippen molar-refractivity contribution < 1.29 is 9.53 Å². The molecule has 7 heteroatoms. The Morgan fingerprint density at radius 1 is 1.23 bits per heavy atom. The maximum atomic E-state index is 12.9. The number of nitrogens with one attached hydrogen (secondary N) is 2. The fourth-order valence-corrected chi connectivity index (χ4v) is 3.82. The van der Waals surface area contributed by atoms with Crippen LogP contribution in [0.25, 0.3) is 0 Å². The molecule has 0 spiro atoms. The van der Waals surface area contributed by atoms with E-state index in [9.17, 15) is 9.59 Å². The molecule has 0 aliphatic carbocycles. The van der Waals surface area contributed by atoms with Crippen molar-refractivity contribution in [3.05, 3.63) is 57.3 Å². The average molecular weight is 413 g/mol. The molecule has 30 heavy (non-hydrogen) atoms. The number of hydrogen-bond donors (Lipinski definition) is 2. The van der Waals surface area contributed by atoms with Crippen LogP contribution in [-0.2, 0) is 5.41 Å². The number of aryl methyl sites for hydroxylation is 1. The van der Waals surface area contributed by atoms with E-state index in [1.165, 1.54) is 0 Å². The highest BCUT2D eigenvalue weighted by molar-refractivity contribution is 5.94. The summed E-state index contributed by atoms with van der Waals surface area (Å²) in [5.74, 6) is 0.990. The number of carbonyl (C=O) groups is 1. The summed E-state index contributed by atoms with van der Waals surface area (Å²) >= 11 is 0. The highest BCUT2D eigenvalue weighted by atomic mass is 16.5. The van der Waals surface area contributed by atoms with Gasteiger partial charge in [-0.25, -0.2) is 4.98 Å². The van der Waals surface area contributed by atoms with Crippen LogP contribution in [-0.4, -0.2) is 47.5 Å². The Kier molecular flexibility index (Phi) is 6.61. The fraction of sp³-hybridized carbons (Fsp3) is 0.522. The molecule has 1 fully saturated rings. The van der Waals surface area contributed by atoms with Gasteiger partial charge >= 0.3 is 0 Å². The van der Waals surface area contributed by atoms with Crippen molar-refractivity contribution in [1.29, 1.82) is 0 Å². The lowest BCUT2D eigenvalue weighted by Gasteiger charge is -2.28. The van der Waals surface area contributed by atoms with Crippen LogP contribution in [0.15, 0.2) is 29.1 Å². The first-order chi connectivity index (χ1) is 14.2. The Bertz CT molecular complexity index is 938. The Morgan fingerprint density at radius 3 is 2.40 bits per heavy atom. The van der Waals surface area contributed by atoms with Gasteiger partial charge in [0, 0.05) is 12.0 Å². The summed E-state index contributed by atoms with van der Waals surface area (Å²) in [5.41, 5.74) is 0.951. The second-order valence-corrected chi connectivity index (χ2v) is 8.87. The molecule has 0 saturated carbocycles. The van der Waals surface area contributed by atoms with Crippen LogP contribution in [0.3, 0.4) is 0 Å². The Morgan fingerprint density at radius 2 is 1.87 bits per heavy atom. The van der Waals surface area contributed by atoms with Gasteiger partial charge in [0.15, 0.2) is 0 Å². The minimum absolute atomic E-state index is 0.0450. The number of ether oxygens (including phenoxy) is 1. The third kappa shape index (κ3) is 4.90. The number of benzene rings is 1. The van der Waals surface area contributed by atoms with Crippen LogP contribution in [0.4, 0.5) is 0 Å². The number of aromatic amines is 1. The van der Waals surface area contributed by atoms with E-state index < -0.39 is 5.56 Å².